The van der Waals surface area contributed by atoms with Gasteiger partial charge in [0.2, 0.25) is 9.84 Å². The predicted octanol–water partition coefficient (Wildman–Crippen LogP) is 5.50. The molecule has 30 heavy (non-hydrogen) atoms. The third-order valence-corrected chi connectivity index (χ3v) is 7.00. The summed E-state index contributed by atoms with van der Waals surface area (Å²) < 4.78 is 58.3. The highest BCUT2D eigenvalue weighted by Crippen LogP contribution is 2.32. The third-order valence-electron chi connectivity index (χ3n) is 4.36. The topological polar surface area (TPSA) is 56.3 Å². The number of hydrogen-bond acceptors (Lipinski definition) is 5. The number of aromatic nitrogens is 1. The summed E-state index contributed by atoms with van der Waals surface area (Å²) in [7, 11) is -3.77. The number of rotatable bonds is 6. The Morgan fingerprint density at radius 1 is 0.967 bits per heavy atom. The highest BCUT2D eigenvalue weighted by atomic mass is 32.2. The van der Waals surface area contributed by atoms with Gasteiger partial charge < -0.3 is 4.74 Å². The number of thiazole rings is 1. The quantitative estimate of drug-likeness (QED) is 0.395. The lowest BCUT2D eigenvalue weighted by Gasteiger charge is -2.10. The summed E-state index contributed by atoms with van der Waals surface area (Å²) >= 11 is 1.36. The molecule has 1 heterocycles. The number of sulfone groups is 1. The molecule has 0 N–H and O–H groups in total. The van der Waals surface area contributed by atoms with Gasteiger partial charge >= 0.3 is 0 Å². The molecule has 1 aromatic heterocycles. The minimum absolute atomic E-state index is 0.0125. The fourth-order valence-corrected chi connectivity index (χ4v) is 5.08. The lowest BCUT2D eigenvalue weighted by atomic mass is 10.2. The Kier molecular flexibility index (Phi) is 5.61. The third kappa shape index (κ3) is 4.10. The van der Waals surface area contributed by atoms with E-state index in [1.807, 2.05) is 0 Å². The minimum atomic E-state index is -3.77. The van der Waals surface area contributed by atoms with Crippen LogP contribution < -0.4 is 4.74 Å². The van der Waals surface area contributed by atoms with Crippen molar-refractivity contribution in [3.05, 3.63) is 95.5 Å². The lowest BCUT2D eigenvalue weighted by Crippen LogP contribution is -2.05. The van der Waals surface area contributed by atoms with Crippen LogP contribution in [0.15, 0.2) is 88.1 Å². The van der Waals surface area contributed by atoms with E-state index >= 15 is 0 Å². The summed E-state index contributed by atoms with van der Waals surface area (Å²) in [6.45, 7) is 0.0125. The number of ether oxygens (including phenoxy) is 1. The number of hydrogen-bond donors (Lipinski definition) is 0. The zero-order valence-electron chi connectivity index (χ0n) is 15.5. The highest BCUT2D eigenvalue weighted by Gasteiger charge is 2.22. The monoisotopic (exact) mass is 443 g/mol. The first-order valence-electron chi connectivity index (χ1n) is 8.86. The molecule has 0 bridgehead atoms. The predicted molar refractivity (Wildman–Crippen MR) is 110 cm³/mol. The second-order valence-corrected chi connectivity index (χ2v) is 9.16. The molecule has 0 aliphatic carbocycles. The highest BCUT2D eigenvalue weighted by molar-refractivity contribution is 7.91. The lowest BCUT2D eigenvalue weighted by molar-refractivity contribution is 0.289. The van der Waals surface area contributed by atoms with Crippen LogP contribution in [-0.4, -0.2) is 13.4 Å². The molecule has 0 spiro atoms. The molecule has 4 rings (SSSR count). The van der Waals surface area contributed by atoms with Crippen molar-refractivity contribution in [2.75, 3.05) is 0 Å². The first kappa shape index (κ1) is 20.2. The van der Waals surface area contributed by atoms with E-state index in [-0.39, 0.29) is 22.1 Å². The van der Waals surface area contributed by atoms with E-state index in [0.717, 1.165) is 12.1 Å². The Morgan fingerprint density at radius 3 is 2.43 bits per heavy atom. The van der Waals surface area contributed by atoms with Crippen LogP contribution in [0.1, 0.15) is 5.56 Å². The average molecular weight is 443 g/mol. The summed E-state index contributed by atoms with van der Waals surface area (Å²) in [5.74, 6) is -1.56. The molecular weight excluding hydrogens is 428 g/mol. The molecule has 8 heteroatoms. The fraction of sp³-hybridized carbons (Fsp3) is 0.0455. The van der Waals surface area contributed by atoms with Gasteiger partial charge in [-0.05, 0) is 35.9 Å². The molecule has 0 atom stereocenters. The SMILES string of the molecule is O=S(=O)(c1ccc(COc2ccc(F)cc2F)cc1)c1ccccc1-c1nccs1. The van der Waals surface area contributed by atoms with Gasteiger partial charge in [0.1, 0.15) is 17.4 Å². The zero-order chi connectivity index (χ0) is 21.1. The largest absolute Gasteiger partial charge is 0.486 e. The molecule has 0 amide bonds. The Balaban J connectivity index is 1.57. The van der Waals surface area contributed by atoms with Gasteiger partial charge in [0.25, 0.3) is 0 Å². The molecule has 0 aliphatic heterocycles. The van der Waals surface area contributed by atoms with Crippen molar-refractivity contribution < 1.29 is 21.9 Å². The molecule has 0 saturated carbocycles. The molecule has 0 saturated heterocycles. The van der Waals surface area contributed by atoms with Gasteiger partial charge in [-0.3, -0.25) is 0 Å². The summed E-state index contributed by atoms with van der Waals surface area (Å²) in [5, 5.41) is 2.41. The van der Waals surface area contributed by atoms with Crippen molar-refractivity contribution in [2.24, 2.45) is 0 Å². The molecule has 4 aromatic rings. The van der Waals surface area contributed by atoms with Gasteiger partial charge in [-0.1, -0.05) is 30.3 Å². The van der Waals surface area contributed by atoms with E-state index in [4.69, 9.17) is 4.74 Å². The summed E-state index contributed by atoms with van der Waals surface area (Å²) in [5.41, 5.74) is 1.19. The molecule has 4 nitrogen and oxygen atoms in total. The Hall–Kier alpha value is -3.10. The fourth-order valence-electron chi connectivity index (χ4n) is 2.88. The average Bonchev–Trinajstić information content (AvgIpc) is 3.28. The minimum Gasteiger partial charge on any atom is -0.486 e. The first-order valence-corrected chi connectivity index (χ1v) is 11.2. The van der Waals surface area contributed by atoms with Crippen LogP contribution in [-0.2, 0) is 16.4 Å². The van der Waals surface area contributed by atoms with Crippen molar-refractivity contribution in [1.82, 2.24) is 4.98 Å². The van der Waals surface area contributed by atoms with E-state index in [1.165, 1.54) is 29.5 Å². The molecule has 0 radical (unpaired) electrons. The van der Waals surface area contributed by atoms with Crippen LogP contribution in [0, 0.1) is 11.6 Å². The Morgan fingerprint density at radius 2 is 1.73 bits per heavy atom. The number of nitrogens with zero attached hydrogens (tertiary/aromatic N) is 1. The molecule has 152 valence electrons. The molecule has 0 aliphatic rings. The Labute approximate surface area is 176 Å². The van der Waals surface area contributed by atoms with Gasteiger partial charge in [0.15, 0.2) is 11.6 Å². The standard InChI is InChI=1S/C22H15F2NO3S2/c23-16-7-10-20(19(24)13-16)28-14-15-5-8-17(9-6-15)30(26,27)21-4-2-1-3-18(21)22-25-11-12-29-22/h1-13H,14H2. The second kappa shape index (κ2) is 8.33. The van der Waals surface area contributed by atoms with Crippen molar-refractivity contribution in [1.29, 1.82) is 0 Å². The van der Waals surface area contributed by atoms with Crippen LogP contribution in [0.25, 0.3) is 10.6 Å². The van der Waals surface area contributed by atoms with Gasteiger partial charge in [0.05, 0.1) is 9.79 Å². The van der Waals surface area contributed by atoms with E-state index in [2.05, 4.69) is 4.98 Å². The smallest absolute Gasteiger partial charge is 0.207 e. The first-order chi connectivity index (χ1) is 14.4. The summed E-state index contributed by atoms with van der Waals surface area (Å²) in [4.78, 5) is 4.52. The number of benzene rings is 3. The van der Waals surface area contributed by atoms with Gasteiger partial charge in [-0.25, -0.2) is 22.2 Å². The van der Waals surface area contributed by atoms with E-state index in [0.29, 0.717) is 16.1 Å². The van der Waals surface area contributed by atoms with E-state index < -0.39 is 21.5 Å². The van der Waals surface area contributed by atoms with Crippen LogP contribution in [0.3, 0.4) is 0 Å². The maximum Gasteiger partial charge on any atom is 0.207 e. The summed E-state index contributed by atoms with van der Waals surface area (Å²) in [6.07, 6.45) is 1.63. The van der Waals surface area contributed by atoms with Crippen molar-refractivity contribution >= 4 is 21.2 Å². The zero-order valence-corrected chi connectivity index (χ0v) is 17.1. The molecule has 3 aromatic carbocycles. The van der Waals surface area contributed by atoms with Crippen LogP contribution in [0.5, 0.6) is 5.75 Å². The van der Waals surface area contributed by atoms with E-state index in [1.54, 1.807) is 48.0 Å². The van der Waals surface area contributed by atoms with Crippen LogP contribution in [0.2, 0.25) is 0 Å². The normalized spacial score (nSPS) is 11.4. The van der Waals surface area contributed by atoms with Crippen LogP contribution in [0.4, 0.5) is 8.78 Å². The second-order valence-electron chi connectivity index (χ2n) is 6.34. The van der Waals surface area contributed by atoms with E-state index in [9.17, 15) is 17.2 Å². The molecule has 0 unspecified atom stereocenters. The van der Waals surface area contributed by atoms with Gasteiger partial charge in [-0.15, -0.1) is 11.3 Å². The van der Waals surface area contributed by atoms with Crippen molar-refractivity contribution in [3.63, 3.8) is 0 Å². The molecule has 0 fully saturated rings. The van der Waals surface area contributed by atoms with Gasteiger partial charge in [0, 0.05) is 23.2 Å². The summed E-state index contributed by atoms with van der Waals surface area (Å²) in [6, 6.07) is 15.9. The van der Waals surface area contributed by atoms with Crippen LogP contribution >= 0.6 is 11.3 Å². The maximum atomic E-state index is 13.7. The Bertz CT molecular complexity index is 1270. The van der Waals surface area contributed by atoms with Crippen molar-refractivity contribution in [2.45, 2.75) is 16.4 Å². The molecular formula is C22H15F2NO3S2. The number of halogens is 2. The van der Waals surface area contributed by atoms with Crippen molar-refractivity contribution in [3.8, 4) is 16.3 Å². The maximum absolute atomic E-state index is 13.7. The van der Waals surface area contributed by atoms with Gasteiger partial charge in [-0.2, -0.15) is 0 Å².